The largest absolute Gasteiger partial charge is 0.451 e. The van der Waals surface area contributed by atoms with E-state index in [1.54, 1.807) is 11.0 Å². The Labute approximate surface area is 199 Å². The normalized spacial score (nSPS) is 23.2. The summed E-state index contributed by atoms with van der Waals surface area (Å²) < 4.78 is 54.4. The van der Waals surface area contributed by atoms with Gasteiger partial charge in [-0.15, -0.1) is 35.0 Å². The summed E-state index contributed by atoms with van der Waals surface area (Å²) in [6.45, 7) is 0.345. The van der Waals surface area contributed by atoms with Gasteiger partial charge in [0.15, 0.2) is 0 Å². The molecule has 1 fully saturated rings. The van der Waals surface area contributed by atoms with Crippen molar-refractivity contribution < 1.29 is 22.4 Å². The van der Waals surface area contributed by atoms with Crippen molar-refractivity contribution in [1.29, 1.82) is 0 Å². The predicted octanol–water partition coefficient (Wildman–Crippen LogP) is 4.23. The minimum absolute atomic E-state index is 0. The first kappa shape index (κ1) is 26.6. The van der Waals surface area contributed by atoms with E-state index in [1.165, 1.54) is 12.1 Å². The van der Waals surface area contributed by atoms with Gasteiger partial charge in [0.2, 0.25) is 11.6 Å². The first-order valence-electron chi connectivity index (χ1n) is 9.63. The molecular formula is C19H22Cl3F4N5O. The second-order valence-electron chi connectivity index (χ2n) is 7.83. The number of aromatic nitrogens is 3. The van der Waals surface area contributed by atoms with E-state index in [1.807, 2.05) is 0 Å². The van der Waals surface area contributed by atoms with Crippen LogP contribution in [0.2, 0.25) is 5.02 Å². The van der Waals surface area contributed by atoms with Crippen LogP contribution < -0.4 is 5.73 Å². The highest BCUT2D eigenvalue weighted by Gasteiger charge is 2.44. The van der Waals surface area contributed by atoms with Gasteiger partial charge in [0.05, 0.1) is 0 Å². The summed E-state index contributed by atoms with van der Waals surface area (Å²) in [7, 11) is 0. The van der Waals surface area contributed by atoms with Crippen molar-refractivity contribution in [3.8, 4) is 0 Å². The minimum atomic E-state index is -4.67. The molecule has 0 saturated heterocycles. The average Bonchev–Trinajstić information content (AvgIpc) is 3.16. The lowest BCUT2D eigenvalue weighted by molar-refractivity contribution is -0.147. The molecule has 178 valence electrons. The third-order valence-electron chi connectivity index (χ3n) is 6.26. The Bertz CT molecular complexity index is 976. The lowest BCUT2D eigenvalue weighted by Gasteiger charge is -2.44. The van der Waals surface area contributed by atoms with E-state index in [0.717, 1.165) is 4.57 Å². The summed E-state index contributed by atoms with van der Waals surface area (Å²) in [6, 6.07) is 4.21. The third kappa shape index (κ3) is 4.55. The van der Waals surface area contributed by atoms with Gasteiger partial charge in [0.25, 0.3) is 5.91 Å². The van der Waals surface area contributed by atoms with Crippen molar-refractivity contribution in [1.82, 2.24) is 19.7 Å². The number of hydrogen-bond donors (Lipinski definition) is 1. The molecule has 0 radical (unpaired) electrons. The molecule has 0 atom stereocenters. The van der Waals surface area contributed by atoms with Crippen molar-refractivity contribution >= 4 is 42.3 Å². The first-order valence-corrected chi connectivity index (χ1v) is 10.0. The zero-order valence-electron chi connectivity index (χ0n) is 16.7. The van der Waals surface area contributed by atoms with Crippen LogP contribution in [-0.2, 0) is 18.1 Å². The molecule has 1 aliphatic carbocycles. The average molecular weight is 519 g/mol. The lowest BCUT2D eigenvalue weighted by atomic mass is 9.67. The van der Waals surface area contributed by atoms with Crippen molar-refractivity contribution in [3.63, 3.8) is 0 Å². The molecule has 32 heavy (non-hydrogen) atoms. The lowest BCUT2D eigenvalue weighted by Crippen LogP contribution is -2.51. The monoisotopic (exact) mass is 517 g/mol. The Hall–Kier alpha value is -1.62. The Morgan fingerprint density at radius 2 is 1.81 bits per heavy atom. The van der Waals surface area contributed by atoms with E-state index in [0.29, 0.717) is 36.3 Å². The van der Waals surface area contributed by atoms with E-state index in [9.17, 15) is 22.4 Å². The molecule has 2 aliphatic rings. The van der Waals surface area contributed by atoms with Crippen LogP contribution in [0.15, 0.2) is 18.2 Å². The maximum absolute atomic E-state index is 14.5. The molecule has 2 heterocycles. The van der Waals surface area contributed by atoms with Gasteiger partial charge in [-0.05, 0) is 49.4 Å². The Morgan fingerprint density at radius 3 is 2.41 bits per heavy atom. The summed E-state index contributed by atoms with van der Waals surface area (Å²) in [5.41, 5.74) is 5.91. The zero-order valence-corrected chi connectivity index (χ0v) is 19.1. The van der Waals surface area contributed by atoms with Crippen LogP contribution in [0.3, 0.4) is 0 Å². The van der Waals surface area contributed by atoms with Gasteiger partial charge in [0.1, 0.15) is 5.82 Å². The number of rotatable bonds is 3. The highest BCUT2D eigenvalue weighted by atomic mass is 35.5. The standard InChI is InChI=1S/C19H20ClF4N5O.2ClH/c20-11-1-2-14(21)13(9-11)18(10-25)5-3-12(4-6-18)28-7-8-29-15(16(28)30)26-27-17(29)19(22,23)24;;/h1-2,9,12H,3-8,10,25H2;2*1H/t12-,18+;;. The number of alkyl halides is 3. The summed E-state index contributed by atoms with van der Waals surface area (Å²) in [5, 5.41) is 7.07. The Balaban J connectivity index is 0.00000181. The van der Waals surface area contributed by atoms with E-state index in [4.69, 9.17) is 17.3 Å². The highest BCUT2D eigenvalue weighted by Crippen LogP contribution is 2.42. The molecule has 1 aromatic carbocycles. The molecular weight excluding hydrogens is 497 g/mol. The maximum Gasteiger partial charge on any atom is 0.451 e. The van der Waals surface area contributed by atoms with E-state index in [2.05, 4.69) is 10.2 Å². The van der Waals surface area contributed by atoms with Crippen LogP contribution in [-0.4, -0.2) is 44.7 Å². The fourth-order valence-electron chi connectivity index (χ4n) is 4.62. The van der Waals surface area contributed by atoms with Crippen molar-refractivity contribution in [2.45, 2.75) is 49.9 Å². The van der Waals surface area contributed by atoms with Crippen LogP contribution in [0.4, 0.5) is 17.6 Å². The number of benzene rings is 1. The minimum Gasteiger partial charge on any atom is -0.331 e. The van der Waals surface area contributed by atoms with Gasteiger partial charge >= 0.3 is 6.18 Å². The third-order valence-corrected chi connectivity index (χ3v) is 6.50. The SMILES string of the molecule is Cl.Cl.NC[C@]1(c2cc(Cl)ccc2F)CC[C@@H](N2CCn3c(nnc3C(F)(F)F)C2=O)CC1. The summed E-state index contributed by atoms with van der Waals surface area (Å²) in [4.78, 5) is 14.3. The summed E-state index contributed by atoms with van der Waals surface area (Å²) in [5.74, 6) is -2.40. The molecule has 2 N–H and O–H groups in total. The molecule has 6 nitrogen and oxygen atoms in total. The fourth-order valence-corrected chi connectivity index (χ4v) is 4.80. The summed E-state index contributed by atoms with van der Waals surface area (Å²) >= 11 is 6.05. The molecule has 0 spiro atoms. The molecule has 0 unspecified atom stereocenters. The van der Waals surface area contributed by atoms with Crippen molar-refractivity contribution in [2.24, 2.45) is 5.73 Å². The van der Waals surface area contributed by atoms with Gasteiger partial charge < -0.3 is 10.6 Å². The van der Waals surface area contributed by atoms with E-state index < -0.39 is 23.3 Å². The number of nitrogens with zero attached hydrogens (tertiary/aromatic N) is 4. The first-order chi connectivity index (χ1) is 14.2. The number of amides is 1. The van der Waals surface area contributed by atoms with Crippen LogP contribution in [0.1, 0.15) is 47.7 Å². The molecule has 1 amide bonds. The van der Waals surface area contributed by atoms with Crippen LogP contribution in [0, 0.1) is 5.82 Å². The summed E-state index contributed by atoms with van der Waals surface area (Å²) in [6.07, 6.45) is -2.49. The van der Waals surface area contributed by atoms with E-state index in [-0.39, 0.29) is 62.1 Å². The molecule has 13 heteroatoms. The second-order valence-corrected chi connectivity index (χ2v) is 8.27. The van der Waals surface area contributed by atoms with Crippen LogP contribution in [0.25, 0.3) is 0 Å². The Kier molecular flexibility index (Phi) is 8.08. The van der Waals surface area contributed by atoms with E-state index >= 15 is 0 Å². The Morgan fingerprint density at radius 1 is 1.16 bits per heavy atom. The number of carbonyl (C=O) groups is 1. The predicted molar refractivity (Wildman–Crippen MR) is 115 cm³/mol. The molecule has 0 bridgehead atoms. The van der Waals surface area contributed by atoms with Gasteiger partial charge in [-0.1, -0.05) is 11.6 Å². The quantitative estimate of drug-likeness (QED) is 0.617. The molecule has 1 aromatic heterocycles. The van der Waals surface area contributed by atoms with Gasteiger partial charge in [-0.3, -0.25) is 9.36 Å². The molecule has 1 aliphatic heterocycles. The fraction of sp³-hybridized carbons (Fsp3) is 0.526. The van der Waals surface area contributed by atoms with Gasteiger partial charge in [-0.25, -0.2) is 4.39 Å². The maximum atomic E-state index is 14.5. The van der Waals surface area contributed by atoms with Gasteiger partial charge in [-0.2, -0.15) is 13.2 Å². The van der Waals surface area contributed by atoms with Crippen LogP contribution in [0.5, 0.6) is 0 Å². The number of nitrogens with two attached hydrogens (primary N) is 1. The molecule has 4 rings (SSSR count). The van der Waals surface area contributed by atoms with Gasteiger partial charge in [0, 0.05) is 36.1 Å². The number of halogens is 7. The van der Waals surface area contributed by atoms with Crippen molar-refractivity contribution in [2.75, 3.05) is 13.1 Å². The zero-order chi connectivity index (χ0) is 21.7. The smallest absolute Gasteiger partial charge is 0.331 e. The highest BCUT2D eigenvalue weighted by molar-refractivity contribution is 6.30. The topological polar surface area (TPSA) is 77.0 Å². The molecule has 1 saturated carbocycles. The van der Waals surface area contributed by atoms with Crippen LogP contribution >= 0.6 is 36.4 Å². The molecule has 2 aromatic rings. The van der Waals surface area contributed by atoms with Crippen molar-refractivity contribution in [3.05, 3.63) is 46.3 Å². The second kappa shape index (κ2) is 9.70. The number of fused-ring (bicyclic) bond motifs is 1. The number of hydrogen-bond acceptors (Lipinski definition) is 4. The number of carbonyl (C=O) groups excluding carboxylic acids is 1.